The molecule has 2 unspecified atom stereocenters. The third-order valence-electron chi connectivity index (χ3n) is 3.24. The lowest BCUT2D eigenvalue weighted by Crippen LogP contribution is -2.37. The summed E-state index contributed by atoms with van der Waals surface area (Å²) in [5.74, 6) is 0.0708. The number of hydrogen-bond donors (Lipinski definition) is 1. The van der Waals surface area contributed by atoms with Crippen molar-refractivity contribution in [3.05, 3.63) is 34.5 Å². The fourth-order valence-electron chi connectivity index (χ4n) is 2.20. The normalized spacial score (nSPS) is 21.8. The Kier molecular flexibility index (Phi) is 5.13. The van der Waals surface area contributed by atoms with Gasteiger partial charge in [-0.25, -0.2) is 0 Å². The number of methoxy groups -OCH3 is 1. The third kappa shape index (κ3) is 3.89. The summed E-state index contributed by atoms with van der Waals surface area (Å²) in [4.78, 5) is 15.5. The summed E-state index contributed by atoms with van der Waals surface area (Å²) in [7, 11) is 1.65. The number of carbonyl (C=O) groups excluding carboxylic acids is 1. The van der Waals surface area contributed by atoms with E-state index in [9.17, 15) is 4.79 Å². The van der Waals surface area contributed by atoms with Crippen LogP contribution in [0.1, 0.15) is 11.3 Å². The lowest BCUT2D eigenvalue weighted by Gasteiger charge is -2.24. The monoisotopic (exact) mass is 280 g/mol. The van der Waals surface area contributed by atoms with E-state index in [1.54, 1.807) is 18.4 Å². The minimum atomic E-state index is -0.0770. The van der Waals surface area contributed by atoms with Crippen molar-refractivity contribution in [1.29, 1.82) is 0 Å². The minimum Gasteiger partial charge on any atom is -0.383 e. The van der Waals surface area contributed by atoms with E-state index in [1.165, 1.54) is 4.88 Å². The Balaban J connectivity index is 2.00. The second-order valence-corrected chi connectivity index (χ2v) is 5.76. The Morgan fingerprint density at radius 3 is 3.00 bits per heavy atom. The van der Waals surface area contributed by atoms with Crippen LogP contribution in [0.3, 0.4) is 0 Å². The first-order valence-corrected chi connectivity index (χ1v) is 7.32. The Labute approximate surface area is 117 Å². The number of carbonyl (C=O) groups is 1. The lowest BCUT2D eigenvalue weighted by atomic mass is 10.1. The molecule has 1 amide bonds. The van der Waals surface area contributed by atoms with Crippen LogP contribution >= 0.6 is 11.3 Å². The quantitative estimate of drug-likeness (QED) is 0.806. The Hall–Kier alpha value is -1.17. The van der Waals surface area contributed by atoms with E-state index in [2.05, 4.69) is 0 Å². The molecular formula is C14H20N2O2S. The second kappa shape index (κ2) is 6.84. The van der Waals surface area contributed by atoms with Gasteiger partial charge in [-0.1, -0.05) is 18.2 Å². The molecule has 2 atom stereocenters. The number of nitrogens with two attached hydrogens (primary N) is 1. The first kappa shape index (κ1) is 14.2. The number of thiophene rings is 1. The molecule has 2 N–H and O–H groups in total. The lowest BCUT2D eigenvalue weighted by molar-refractivity contribution is -0.135. The minimum absolute atomic E-state index is 0.0139. The Morgan fingerprint density at radius 2 is 2.42 bits per heavy atom. The largest absolute Gasteiger partial charge is 0.383 e. The molecule has 5 heteroatoms. The first-order valence-electron chi connectivity index (χ1n) is 6.44. The van der Waals surface area contributed by atoms with Gasteiger partial charge in [-0.15, -0.1) is 11.3 Å². The summed E-state index contributed by atoms with van der Waals surface area (Å²) in [6.45, 7) is 1.83. The van der Waals surface area contributed by atoms with Crippen molar-refractivity contribution in [3.8, 4) is 0 Å². The first-order chi connectivity index (χ1) is 9.20. The van der Waals surface area contributed by atoms with Crippen LogP contribution in [0.25, 0.3) is 0 Å². The molecule has 0 spiro atoms. The average molecular weight is 280 g/mol. The van der Waals surface area contributed by atoms with Crippen molar-refractivity contribution in [1.82, 2.24) is 4.90 Å². The van der Waals surface area contributed by atoms with Crippen molar-refractivity contribution in [2.24, 2.45) is 11.7 Å². The molecule has 4 nitrogen and oxygen atoms in total. The van der Waals surface area contributed by atoms with Crippen molar-refractivity contribution in [2.75, 3.05) is 20.3 Å². The highest BCUT2D eigenvalue weighted by Crippen LogP contribution is 2.21. The molecule has 19 heavy (non-hydrogen) atoms. The van der Waals surface area contributed by atoms with Crippen LogP contribution in [-0.4, -0.2) is 37.1 Å². The van der Waals surface area contributed by atoms with E-state index in [1.807, 2.05) is 34.6 Å². The number of rotatable bonds is 6. The van der Waals surface area contributed by atoms with Gasteiger partial charge >= 0.3 is 0 Å². The van der Waals surface area contributed by atoms with Gasteiger partial charge in [0, 0.05) is 24.6 Å². The molecule has 1 aliphatic rings. The van der Waals surface area contributed by atoms with Gasteiger partial charge in [-0.3, -0.25) is 4.79 Å². The van der Waals surface area contributed by atoms with Crippen molar-refractivity contribution < 1.29 is 9.53 Å². The van der Waals surface area contributed by atoms with Gasteiger partial charge in [-0.2, -0.15) is 0 Å². The molecule has 1 heterocycles. The summed E-state index contributed by atoms with van der Waals surface area (Å²) < 4.78 is 5.09. The molecule has 104 valence electrons. The topological polar surface area (TPSA) is 55.6 Å². The summed E-state index contributed by atoms with van der Waals surface area (Å²) in [6, 6.07) is 4.07. The standard InChI is InChI=1S/C14H20N2O2S/c1-18-7-6-16(10-13-3-2-8-19-13)14(17)11-4-5-12(15)9-11/h2-5,8,11-12H,6-7,9-10,15H2,1H3. The zero-order valence-electron chi connectivity index (χ0n) is 11.1. The van der Waals surface area contributed by atoms with E-state index < -0.39 is 0 Å². The van der Waals surface area contributed by atoms with E-state index in [4.69, 9.17) is 10.5 Å². The fraction of sp³-hybridized carbons (Fsp3) is 0.500. The van der Waals surface area contributed by atoms with Crippen LogP contribution < -0.4 is 5.73 Å². The molecule has 0 radical (unpaired) electrons. The highest BCUT2D eigenvalue weighted by Gasteiger charge is 2.27. The predicted octanol–water partition coefficient (Wildman–Crippen LogP) is 1.63. The summed E-state index contributed by atoms with van der Waals surface area (Å²) in [5, 5.41) is 2.03. The van der Waals surface area contributed by atoms with Crippen LogP contribution in [0.4, 0.5) is 0 Å². The van der Waals surface area contributed by atoms with Gasteiger partial charge in [-0.05, 0) is 17.9 Å². The van der Waals surface area contributed by atoms with E-state index in [0.717, 1.165) is 0 Å². The molecule has 2 rings (SSSR count). The van der Waals surface area contributed by atoms with Gasteiger partial charge in [0.1, 0.15) is 0 Å². The van der Waals surface area contributed by atoms with E-state index in [-0.39, 0.29) is 17.9 Å². The zero-order valence-corrected chi connectivity index (χ0v) is 11.9. The molecular weight excluding hydrogens is 260 g/mol. The van der Waals surface area contributed by atoms with E-state index in [0.29, 0.717) is 26.1 Å². The van der Waals surface area contributed by atoms with Crippen LogP contribution in [0, 0.1) is 5.92 Å². The molecule has 0 fully saturated rings. The van der Waals surface area contributed by atoms with Gasteiger partial charge in [0.25, 0.3) is 0 Å². The molecule has 0 aromatic carbocycles. The van der Waals surface area contributed by atoms with Crippen LogP contribution in [0.2, 0.25) is 0 Å². The maximum absolute atomic E-state index is 12.5. The molecule has 1 aromatic heterocycles. The number of amides is 1. The smallest absolute Gasteiger partial charge is 0.229 e. The van der Waals surface area contributed by atoms with E-state index >= 15 is 0 Å². The van der Waals surface area contributed by atoms with Crippen molar-refractivity contribution in [2.45, 2.75) is 19.0 Å². The van der Waals surface area contributed by atoms with Gasteiger partial charge in [0.15, 0.2) is 0 Å². The van der Waals surface area contributed by atoms with Crippen molar-refractivity contribution >= 4 is 17.2 Å². The zero-order chi connectivity index (χ0) is 13.7. The van der Waals surface area contributed by atoms with Crippen LogP contribution in [-0.2, 0) is 16.1 Å². The fourth-order valence-corrected chi connectivity index (χ4v) is 2.92. The number of hydrogen-bond acceptors (Lipinski definition) is 4. The summed E-state index contributed by atoms with van der Waals surface area (Å²) in [5.41, 5.74) is 5.82. The molecule has 0 bridgehead atoms. The van der Waals surface area contributed by atoms with Gasteiger partial charge in [0.2, 0.25) is 5.91 Å². The molecule has 1 aliphatic carbocycles. The summed E-state index contributed by atoms with van der Waals surface area (Å²) >= 11 is 1.67. The number of ether oxygens (including phenoxy) is 1. The maximum atomic E-state index is 12.5. The molecule has 0 saturated carbocycles. The SMILES string of the molecule is COCCN(Cc1cccs1)C(=O)C1C=CC(N)C1. The van der Waals surface area contributed by atoms with Crippen LogP contribution in [0.15, 0.2) is 29.7 Å². The Bertz CT molecular complexity index is 431. The highest BCUT2D eigenvalue weighted by molar-refractivity contribution is 7.09. The molecule has 0 aliphatic heterocycles. The van der Waals surface area contributed by atoms with Crippen LogP contribution in [0.5, 0.6) is 0 Å². The predicted molar refractivity (Wildman–Crippen MR) is 76.8 cm³/mol. The highest BCUT2D eigenvalue weighted by atomic mass is 32.1. The molecule has 0 saturated heterocycles. The molecule has 1 aromatic rings. The Morgan fingerprint density at radius 1 is 1.58 bits per heavy atom. The third-order valence-corrected chi connectivity index (χ3v) is 4.10. The van der Waals surface area contributed by atoms with Crippen molar-refractivity contribution in [3.63, 3.8) is 0 Å². The second-order valence-electron chi connectivity index (χ2n) is 4.72. The maximum Gasteiger partial charge on any atom is 0.229 e. The van der Waals surface area contributed by atoms with Gasteiger partial charge < -0.3 is 15.4 Å². The summed E-state index contributed by atoms with van der Waals surface area (Å²) in [6.07, 6.45) is 4.57. The average Bonchev–Trinajstić information content (AvgIpc) is 3.05. The number of nitrogens with zero attached hydrogens (tertiary/aromatic N) is 1. The van der Waals surface area contributed by atoms with Gasteiger partial charge in [0.05, 0.1) is 19.1 Å².